The standard InChI is InChI=1S/C10H15N5/c1-8(10-6-14-15(2)7-10)11-3-9-4-12-13-5-9/h4-8,11H,3H2,1-2H3,(H,12,13). The lowest BCUT2D eigenvalue weighted by Gasteiger charge is -2.10. The predicted molar refractivity (Wildman–Crippen MR) is 57.1 cm³/mol. The van der Waals surface area contributed by atoms with Crippen LogP contribution < -0.4 is 5.32 Å². The van der Waals surface area contributed by atoms with Crippen LogP contribution in [0.25, 0.3) is 0 Å². The van der Waals surface area contributed by atoms with E-state index in [1.807, 2.05) is 36.5 Å². The summed E-state index contributed by atoms with van der Waals surface area (Å²) in [6.07, 6.45) is 7.62. The molecule has 0 aliphatic carbocycles. The molecule has 0 radical (unpaired) electrons. The molecule has 0 aliphatic rings. The van der Waals surface area contributed by atoms with Crippen molar-refractivity contribution in [2.24, 2.45) is 7.05 Å². The van der Waals surface area contributed by atoms with Crippen molar-refractivity contribution < 1.29 is 0 Å². The molecule has 0 aliphatic heterocycles. The summed E-state index contributed by atoms with van der Waals surface area (Å²) in [4.78, 5) is 0. The summed E-state index contributed by atoms with van der Waals surface area (Å²) in [7, 11) is 1.92. The Bertz CT molecular complexity index is 403. The molecule has 2 N–H and O–H groups in total. The Hall–Kier alpha value is -1.62. The molecule has 0 saturated carbocycles. The molecule has 5 heteroatoms. The fourth-order valence-electron chi connectivity index (χ4n) is 1.43. The summed E-state index contributed by atoms with van der Waals surface area (Å²) in [5.41, 5.74) is 2.35. The molecule has 0 fully saturated rings. The van der Waals surface area contributed by atoms with Crippen LogP contribution in [0.1, 0.15) is 24.1 Å². The number of rotatable bonds is 4. The van der Waals surface area contributed by atoms with Gasteiger partial charge in [-0.3, -0.25) is 9.78 Å². The van der Waals surface area contributed by atoms with Crippen LogP contribution >= 0.6 is 0 Å². The van der Waals surface area contributed by atoms with E-state index >= 15 is 0 Å². The maximum atomic E-state index is 4.14. The van der Waals surface area contributed by atoms with E-state index in [1.165, 1.54) is 5.56 Å². The van der Waals surface area contributed by atoms with E-state index in [0.717, 1.165) is 12.1 Å². The van der Waals surface area contributed by atoms with Gasteiger partial charge in [0.1, 0.15) is 0 Å². The number of aromatic nitrogens is 4. The third-order valence-electron chi connectivity index (χ3n) is 2.39. The van der Waals surface area contributed by atoms with Crippen LogP contribution in [-0.4, -0.2) is 20.0 Å². The van der Waals surface area contributed by atoms with Gasteiger partial charge in [-0.25, -0.2) is 0 Å². The number of H-pyrrole nitrogens is 1. The first-order valence-electron chi connectivity index (χ1n) is 4.95. The van der Waals surface area contributed by atoms with Gasteiger partial charge in [0, 0.05) is 43.2 Å². The SMILES string of the molecule is CC(NCc1cn[nH]c1)c1cnn(C)c1. The number of aromatic amines is 1. The minimum absolute atomic E-state index is 0.300. The van der Waals surface area contributed by atoms with Gasteiger partial charge >= 0.3 is 0 Å². The largest absolute Gasteiger partial charge is 0.306 e. The maximum absolute atomic E-state index is 4.14. The monoisotopic (exact) mass is 205 g/mol. The lowest BCUT2D eigenvalue weighted by atomic mass is 10.2. The summed E-state index contributed by atoms with van der Waals surface area (Å²) in [5.74, 6) is 0. The van der Waals surface area contributed by atoms with Crippen LogP contribution in [0, 0.1) is 0 Å². The van der Waals surface area contributed by atoms with E-state index < -0.39 is 0 Å². The van der Waals surface area contributed by atoms with Gasteiger partial charge in [-0.1, -0.05) is 0 Å². The molecular weight excluding hydrogens is 190 g/mol. The van der Waals surface area contributed by atoms with E-state index in [4.69, 9.17) is 0 Å². The zero-order valence-corrected chi connectivity index (χ0v) is 8.94. The van der Waals surface area contributed by atoms with Crippen molar-refractivity contribution in [3.8, 4) is 0 Å². The Labute approximate surface area is 88.5 Å². The van der Waals surface area contributed by atoms with Gasteiger partial charge in [0.05, 0.1) is 12.4 Å². The molecule has 1 atom stereocenters. The van der Waals surface area contributed by atoms with Gasteiger partial charge in [-0.2, -0.15) is 10.2 Å². The van der Waals surface area contributed by atoms with Crippen molar-refractivity contribution >= 4 is 0 Å². The van der Waals surface area contributed by atoms with Crippen molar-refractivity contribution in [3.63, 3.8) is 0 Å². The Morgan fingerprint density at radius 2 is 2.40 bits per heavy atom. The summed E-state index contributed by atoms with van der Waals surface area (Å²) in [6.45, 7) is 2.93. The van der Waals surface area contributed by atoms with E-state index in [1.54, 1.807) is 0 Å². The molecule has 0 spiro atoms. The molecule has 2 aromatic rings. The van der Waals surface area contributed by atoms with Gasteiger partial charge in [-0.15, -0.1) is 0 Å². The Balaban J connectivity index is 1.90. The van der Waals surface area contributed by atoms with E-state index in [9.17, 15) is 0 Å². The van der Waals surface area contributed by atoms with Gasteiger partial charge in [0.2, 0.25) is 0 Å². The van der Waals surface area contributed by atoms with Crippen molar-refractivity contribution in [2.75, 3.05) is 0 Å². The van der Waals surface area contributed by atoms with Gasteiger partial charge < -0.3 is 5.32 Å². The van der Waals surface area contributed by atoms with Gasteiger partial charge in [-0.05, 0) is 6.92 Å². The topological polar surface area (TPSA) is 58.5 Å². The summed E-state index contributed by atoms with van der Waals surface area (Å²) >= 11 is 0. The van der Waals surface area contributed by atoms with Gasteiger partial charge in [0.25, 0.3) is 0 Å². The lowest BCUT2D eigenvalue weighted by Crippen LogP contribution is -2.17. The Morgan fingerprint density at radius 1 is 1.53 bits per heavy atom. The van der Waals surface area contributed by atoms with E-state index in [0.29, 0.717) is 6.04 Å². The average molecular weight is 205 g/mol. The number of nitrogens with zero attached hydrogens (tertiary/aromatic N) is 3. The molecule has 0 bridgehead atoms. The molecule has 2 heterocycles. The quantitative estimate of drug-likeness (QED) is 0.782. The Morgan fingerprint density at radius 3 is 3.00 bits per heavy atom. The van der Waals surface area contributed by atoms with Crippen LogP contribution in [0.5, 0.6) is 0 Å². The maximum Gasteiger partial charge on any atom is 0.0537 e. The molecule has 0 saturated heterocycles. The highest BCUT2D eigenvalue weighted by atomic mass is 15.2. The second-order valence-corrected chi connectivity index (χ2v) is 3.66. The van der Waals surface area contributed by atoms with E-state index in [-0.39, 0.29) is 0 Å². The predicted octanol–water partition coefficient (Wildman–Crippen LogP) is 0.994. The summed E-state index contributed by atoms with van der Waals surface area (Å²) in [5, 5.41) is 14.2. The first kappa shape index (κ1) is 9.92. The summed E-state index contributed by atoms with van der Waals surface area (Å²) < 4.78 is 1.81. The van der Waals surface area contributed by atoms with Gasteiger partial charge in [0.15, 0.2) is 0 Å². The zero-order chi connectivity index (χ0) is 10.7. The minimum Gasteiger partial charge on any atom is -0.306 e. The molecular formula is C10H15N5. The van der Waals surface area contributed by atoms with E-state index in [2.05, 4.69) is 27.5 Å². The number of hydrogen-bond acceptors (Lipinski definition) is 3. The van der Waals surface area contributed by atoms with Crippen molar-refractivity contribution in [1.82, 2.24) is 25.3 Å². The van der Waals surface area contributed by atoms with Crippen LogP contribution in [0.4, 0.5) is 0 Å². The molecule has 0 aromatic carbocycles. The van der Waals surface area contributed by atoms with Crippen molar-refractivity contribution in [2.45, 2.75) is 19.5 Å². The minimum atomic E-state index is 0.300. The van der Waals surface area contributed by atoms with Crippen molar-refractivity contribution in [3.05, 3.63) is 35.9 Å². The van der Waals surface area contributed by atoms with Crippen LogP contribution in [0.2, 0.25) is 0 Å². The highest BCUT2D eigenvalue weighted by molar-refractivity contribution is 5.10. The molecule has 80 valence electrons. The smallest absolute Gasteiger partial charge is 0.0537 e. The second kappa shape index (κ2) is 4.27. The lowest BCUT2D eigenvalue weighted by molar-refractivity contribution is 0.574. The summed E-state index contributed by atoms with van der Waals surface area (Å²) in [6, 6.07) is 0.300. The number of hydrogen-bond donors (Lipinski definition) is 2. The second-order valence-electron chi connectivity index (χ2n) is 3.66. The van der Waals surface area contributed by atoms with Crippen LogP contribution in [-0.2, 0) is 13.6 Å². The highest BCUT2D eigenvalue weighted by Gasteiger charge is 2.06. The average Bonchev–Trinajstić information content (AvgIpc) is 2.84. The normalized spacial score (nSPS) is 12.9. The molecule has 2 aromatic heterocycles. The Kier molecular flexibility index (Phi) is 2.82. The third kappa shape index (κ3) is 2.44. The third-order valence-corrected chi connectivity index (χ3v) is 2.39. The highest BCUT2D eigenvalue weighted by Crippen LogP contribution is 2.10. The first-order valence-corrected chi connectivity index (χ1v) is 4.95. The zero-order valence-electron chi connectivity index (χ0n) is 8.94. The molecule has 2 rings (SSSR count). The number of nitrogens with one attached hydrogen (secondary N) is 2. The first-order chi connectivity index (χ1) is 7.25. The molecule has 1 unspecified atom stereocenters. The molecule has 15 heavy (non-hydrogen) atoms. The molecule has 5 nitrogen and oxygen atoms in total. The fraction of sp³-hybridized carbons (Fsp3) is 0.400. The van der Waals surface area contributed by atoms with Crippen LogP contribution in [0.15, 0.2) is 24.8 Å². The fourth-order valence-corrected chi connectivity index (χ4v) is 1.43. The van der Waals surface area contributed by atoms with Crippen molar-refractivity contribution in [1.29, 1.82) is 0 Å². The molecule has 0 amide bonds. The number of aryl methyl sites for hydroxylation is 1. The van der Waals surface area contributed by atoms with Crippen LogP contribution in [0.3, 0.4) is 0 Å².